The molecule has 0 rings (SSSR count). The van der Waals surface area contributed by atoms with Crippen molar-refractivity contribution < 1.29 is 4.79 Å². The standard InChI is InChI=1S/C14H31N3O/c1-7-13(17(5)6)11-12(2)14(18)15-9-8-10-16(3)4/h12-13H,7-11H2,1-6H3,(H,15,18). The second-order valence-corrected chi connectivity index (χ2v) is 5.61. The van der Waals surface area contributed by atoms with Gasteiger partial charge in [0.15, 0.2) is 0 Å². The van der Waals surface area contributed by atoms with Gasteiger partial charge in [0, 0.05) is 18.5 Å². The van der Waals surface area contributed by atoms with Crippen molar-refractivity contribution in [2.45, 2.75) is 39.2 Å². The Morgan fingerprint density at radius 2 is 1.83 bits per heavy atom. The van der Waals surface area contributed by atoms with Gasteiger partial charge in [-0.15, -0.1) is 0 Å². The van der Waals surface area contributed by atoms with Gasteiger partial charge in [0.2, 0.25) is 5.91 Å². The normalized spacial score (nSPS) is 14.9. The number of carbonyl (C=O) groups is 1. The van der Waals surface area contributed by atoms with Crippen molar-refractivity contribution in [1.29, 1.82) is 0 Å². The quantitative estimate of drug-likeness (QED) is 0.635. The molecular weight excluding hydrogens is 226 g/mol. The largest absolute Gasteiger partial charge is 0.356 e. The van der Waals surface area contributed by atoms with Crippen molar-refractivity contribution in [3.63, 3.8) is 0 Å². The minimum Gasteiger partial charge on any atom is -0.356 e. The van der Waals surface area contributed by atoms with Crippen LogP contribution in [-0.4, -0.2) is 63.0 Å². The lowest BCUT2D eigenvalue weighted by atomic mass is 9.98. The maximum absolute atomic E-state index is 11.9. The summed E-state index contributed by atoms with van der Waals surface area (Å²) in [5.41, 5.74) is 0. The molecule has 0 saturated heterocycles. The summed E-state index contributed by atoms with van der Waals surface area (Å²) in [5, 5.41) is 3.02. The van der Waals surface area contributed by atoms with Crippen LogP contribution >= 0.6 is 0 Å². The second kappa shape index (κ2) is 9.34. The van der Waals surface area contributed by atoms with E-state index >= 15 is 0 Å². The van der Waals surface area contributed by atoms with Gasteiger partial charge in [-0.3, -0.25) is 4.79 Å². The molecule has 0 aliphatic carbocycles. The smallest absolute Gasteiger partial charge is 0.222 e. The highest BCUT2D eigenvalue weighted by atomic mass is 16.1. The summed E-state index contributed by atoms with van der Waals surface area (Å²) in [6.45, 7) is 5.99. The summed E-state index contributed by atoms with van der Waals surface area (Å²) >= 11 is 0. The van der Waals surface area contributed by atoms with Gasteiger partial charge >= 0.3 is 0 Å². The van der Waals surface area contributed by atoms with Crippen molar-refractivity contribution in [3.05, 3.63) is 0 Å². The van der Waals surface area contributed by atoms with E-state index in [0.29, 0.717) is 6.04 Å². The first kappa shape index (κ1) is 17.4. The van der Waals surface area contributed by atoms with Crippen molar-refractivity contribution >= 4 is 5.91 Å². The molecule has 0 fully saturated rings. The minimum absolute atomic E-state index is 0.0942. The summed E-state index contributed by atoms with van der Waals surface area (Å²) in [6.07, 6.45) is 3.03. The van der Waals surface area contributed by atoms with E-state index < -0.39 is 0 Å². The van der Waals surface area contributed by atoms with E-state index in [1.807, 2.05) is 21.0 Å². The van der Waals surface area contributed by atoms with Crippen LogP contribution in [-0.2, 0) is 4.79 Å². The van der Waals surface area contributed by atoms with Crippen LogP contribution in [0.1, 0.15) is 33.1 Å². The lowest BCUT2D eigenvalue weighted by Gasteiger charge is -2.25. The van der Waals surface area contributed by atoms with E-state index in [2.05, 4.69) is 36.1 Å². The van der Waals surface area contributed by atoms with Crippen molar-refractivity contribution in [3.8, 4) is 0 Å². The number of hydrogen-bond donors (Lipinski definition) is 1. The number of amides is 1. The Balaban J connectivity index is 3.88. The Bertz CT molecular complexity index is 229. The predicted octanol–water partition coefficient (Wildman–Crippen LogP) is 1.42. The molecule has 0 aromatic carbocycles. The Kier molecular flexibility index (Phi) is 9.02. The molecule has 108 valence electrons. The first-order chi connectivity index (χ1) is 8.38. The van der Waals surface area contributed by atoms with Crippen LogP contribution in [0.25, 0.3) is 0 Å². The number of hydrogen-bond acceptors (Lipinski definition) is 3. The van der Waals surface area contributed by atoms with Gasteiger partial charge in [-0.2, -0.15) is 0 Å². The Labute approximate surface area is 113 Å². The number of rotatable bonds is 9. The molecule has 0 bridgehead atoms. The molecule has 1 amide bonds. The number of nitrogens with zero attached hydrogens (tertiary/aromatic N) is 2. The molecule has 2 atom stereocenters. The molecule has 0 spiro atoms. The van der Waals surface area contributed by atoms with Crippen LogP contribution < -0.4 is 5.32 Å². The molecule has 18 heavy (non-hydrogen) atoms. The van der Waals surface area contributed by atoms with Crippen molar-refractivity contribution in [2.24, 2.45) is 5.92 Å². The van der Waals surface area contributed by atoms with Crippen LogP contribution in [0, 0.1) is 5.92 Å². The first-order valence-electron chi connectivity index (χ1n) is 6.97. The van der Waals surface area contributed by atoms with E-state index in [0.717, 1.165) is 32.4 Å². The second-order valence-electron chi connectivity index (χ2n) is 5.61. The molecule has 1 N–H and O–H groups in total. The zero-order valence-corrected chi connectivity index (χ0v) is 13.0. The average molecular weight is 257 g/mol. The molecule has 0 saturated carbocycles. The number of nitrogens with one attached hydrogen (secondary N) is 1. The molecule has 0 aliphatic rings. The minimum atomic E-state index is 0.0942. The average Bonchev–Trinajstić information content (AvgIpc) is 2.30. The maximum atomic E-state index is 11.9. The van der Waals surface area contributed by atoms with Crippen LogP contribution in [0.3, 0.4) is 0 Å². The zero-order chi connectivity index (χ0) is 14.1. The van der Waals surface area contributed by atoms with E-state index in [9.17, 15) is 4.79 Å². The van der Waals surface area contributed by atoms with Crippen LogP contribution in [0.4, 0.5) is 0 Å². The molecule has 4 heteroatoms. The third kappa shape index (κ3) is 7.67. The highest BCUT2D eigenvalue weighted by Crippen LogP contribution is 2.12. The van der Waals surface area contributed by atoms with Gasteiger partial charge in [-0.05, 0) is 54.0 Å². The Hall–Kier alpha value is -0.610. The Morgan fingerprint density at radius 1 is 1.22 bits per heavy atom. The molecule has 0 aromatic rings. The van der Waals surface area contributed by atoms with Gasteiger partial charge in [0.25, 0.3) is 0 Å². The summed E-state index contributed by atoms with van der Waals surface area (Å²) < 4.78 is 0. The topological polar surface area (TPSA) is 35.6 Å². The fourth-order valence-electron chi connectivity index (χ4n) is 2.04. The fourth-order valence-corrected chi connectivity index (χ4v) is 2.04. The zero-order valence-electron chi connectivity index (χ0n) is 13.0. The van der Waals surface area contributed by atoms with Gasteiger partial charge in [0.1, 0.15) is 0 Å². The lowest BCUT2D eigenvalue weighted by Crippen LogP contribution is -2.36. The van der Waals surface area contributed by atoms with Gasteiger partial charge in [-0.1, -0.05) is 13.8 Å². The SMILES string of the molecule is CCC(CC(C)C(=O)NCCCN(C)C)N(C)C. The van der Waals surface area contributed by atoms with Gasteiger partial charge < -0.3 is 15.1 Å². The molecule has 0 heterocycles. The molecule has 4 nitrogen and oxygen atoms in total. The molecule has 0 aliphatic heterocycles. The maximum Gasteiger partial charge on any atom is 0.222 e. The third-order valence-corrected chi connectivity index (χ3v) is 3.36. The van der Waals surface area contributed by atoms with Gasteiger partial charge in [-0.25, -0.2) is 0 Å². The summed E-state index contributed by atoms with van der Waals surface area (Å²) in [4.78, 5) is 16.3. The summed E-state index contributed by atoms with van der Waals surface area (Å²) in [6, 6.07) is 0.493. The van der Waals surface area contributed by atoms with Crippen LogP contribution in [0.15, 0.2) is 0 Å². The van der Waals surface area contributed by atoms with E-state index in [4.69, 9.17) is 0 Å². The predicted molar refractivity (Wildman–Crippen MR) is 77.7 cm³/mol. The summed E-state index contributed by atoms with van der Waals surface area (Å²) in [7, 11) is 8.26. The molecule has 0 aromatic heterocycles. The van der Waals surface area contributed by atoms with E-state index in [-0.39, 0.29) is 11.8 Å². The van der Waals surface area contributed by atoms with Crippen LogP contribution in [0.2, 0.25) is 0 Å². The fraction of sp³-hybridized carbons (Fsp3) is 0.929. The first-order valence-corrected chi connectivity index (χ1v) is 6.97. The van der Waals surface area contributed by atoms with Crippen LogP contribution in [0.5, 0.6) is 0 Å². The van der Waals surface area contributed by atoms with Crippen molar-refractivity contribution in [1.82, 2.24) is 15.1 Å². The van der Waals surface area contributed by atoms with E-state index in [1.54, 1.807) is 0 Å². The molecule has 2 unspecified atom stereocenters. The van der Waals surface area contributed by atoms with Gasteiger partial charge in [0.05, 0.1) is 0 Å². The highest BCUT2D eigenvalue weighted by molar-refractivity contribution is 5.78. The molecule has 0 radical (unpaired) electrons. The molecular formula is C14H31N3O. The number of carbonyl (C=O) groups excluding carboxylic acids is 1. The Morgan fingerprint density at radius 3 is 2.28 bits per heavy atom. The third-order valence-electron chi connectivity index (χ3n) is 3.36. The summed E-state index contributed by atoms with van der Waals surface area (Å²) in [5.74, 6) is 0.283. The monoisotopic (exact) mass is 257 g/mol. The van der Waals surface area contributed by atoms with Crippen molar-refractivity contribution in [2.75, 3.05) is 41.3 Å². The highest BCUT2D eigenvalue weighted by Gasteiger charge is 2.18. The lowest BCUT2D eigenvalue weighted by molar-refractivity contribution is -0.125. The van der Waals surface area contributed by atoms with E-state index in [1.165, 1.54) is 0 Å².